The van der Waals surface area contributed by atoms with Crippen molar-refractivity contribution in [3.05, 3.63) is 30.1 Å². The van der Waals surface area contributed by atoms with Crippen molar-refractivity contribution >= 4 is 0 Å². The fourth-order valence-electron chi connectivity index (χ4n) is 2.11. The van der Waals surface area contributed by atoms with Crippen molar-refractivity contribution < 1.29 is 0 Å². The van der Waals surface area contributed by atoms with Gasteiger partial charge in [-0.15, -0.1) is 0 Å². The van der Waals surface area contributed by atoms with Crippen LogP contribution in [0.15, 0.2) is 24.5 Å². The molecule has 1 aliphatic heterocycles. The number of hydrogen-bond donors (Lipinski definition) is 1. The van der Waals surface area contributed by atoms with E-state index in [-0.39, 0.29) is 6.04 Å². The molecule has 2 heterocycles. The Hall–Kier alpha value is -1.44. The van der Waals surface area contributed by atoms with Crippen molar-refractivity contribution in [3.8, 4) is 6.07 Å². The van der Waals surface area contributed by atoms with Gasteiger partial charge in [-0.25, -0.2) is 0 Å². The van der Waals surface area contributed by atoms with Crippen LogP contribution in [0.3, 0.4) is 0 Å². The zero-order chi connectivity index (χ0) is 11.2. The fraction of sp³-hybridized carbons (Fsp3) is 0.500. The lowest BCUT2D eigenvalue weighted by Gasteiger charge is -2.33. The third-order valence-corrected chi connectivity index (χ3v) is 2.95. The summed E-state index contributed by atoms with van der Waals surface area (Å²) in [6.07, 6.45) is 4.17. The minimum atomic E-state index is 0.195. The smallest absolute Gasteiger partial charge is 0.0641 e. The van der Waals surface area contributed by atoms with E-state index in [2.05, 4.69) is 27.3 Å². The van der Waals surface area contributed by atoms with Crippen LogP contribution in [-0.4, -0.2) is 36.1 Å². The van der Waals surface area contributed by atoms with Crippen LogP contribution >= 0.6 is 0 Å². The first-order chi connectivity index (χ1) is 7.92. The molecule has 0 amide bonds. The van der Waals surface area contributed by atoms with Gasteiger partial charge in [0.25, 0.3) is 0 Å². The van der Waals surface area contributed by atoms with E-state index in [1.54, 1.807) is 6.20 Å². The molecule has 0 bridgehead atoms. The normalized spacial score (nSPS) is 18.9. The fourth-order valence-corrected chi connectivity index (χ4v) is 2.11. The quantitative estimate of drug-likeness (QED) is 0.817. The minimum Gasteiger partial charge on any atom is -0.314 e. The predicted octanol–water partition coefficient (Wildman–Crippen LogP) is 0.942. The molecule has 16 heavy (non-hydrogen) atoms. The van der Waals surface area contributed by atoms with E-state index in [1.807, 2.05) is 12.3 Å². The van der Waals surface area contributed by atoms with E-state index in [0.717, 1.165) is 31.7 Å². The van der Waals surface area contributed by atoms with Crippen LogP contribution in [0.25, 0.3) is 0 Å². The van der Waals surface area contributed by atoms with Crippen molar-refractivity contribution in [2.24, 2.45) is 0 Å². The minimum absolute atomic E-state index is 0.195. The van der Waals surface area contributed by atoms with Gasteiger partial charge in [0.1, 0.15) is 0 Å². The number of nitriles is 1. The van der Waals surface area contributed by atoms with Crippen LogP contribution in [0, 0.1) is 11.3 Å². The zero-order valence-corrected chi connectivity index (χ0v) is 9.26. The molecular weight excluding hydrogens is 200 g/mol. The SMILES string of the molecule is N#CC[C@@H](c1cccnc1)N1CCNCC1. The second-order valence-corrected chi connectivity index (χ2v) is 3.95. The Balaban J connectivity index is 2.13. The van der Waals surface area contributed by atoms with Crippen molar-refractivity contribution in [2.45, 2.75) is 12.5 Å². The van der Waals surface area contributed by atoms with Gasteiger partial charge < -0.3 is 5.32 Å². The van der Waals surface area contributed by atoms with Crippen molar-refractivity contribution in [1.29, 1.82) is 5.26 Å². The second kappa shape index (κ2) is 5.59. The molecule has 0 aliphatic carbocycles. The van der Waals surface area contributed by atoms with Crippen molar-refractivity contribution in [2.75, 3.05) is 26.2 Å². The summed E-state index contributed by atoms with van der Waals surface area (Å²) in [7, 11) is 0. The number of nitrogens with zero attached hydrogens (tertiary/aromatic N) is 3. The number of rotatable bonds is 3. The summed E-state index contributed by atoms with van der Waals surface area (Å²) in [6.45, 7) is 4.01. The summed E-state index contributed by atoms with van der Waals surface area (Å²) in [5, 5.41) is 12.2. The van der Waals surface area contributed by atoms with Gasteiger partial charge in [-0.1, -0.05) is 6.07 Å². The van der Waals surface area contributed by atoms with Gasteiger partial charge in [-0.2, -0.15) is 5.26 Å². The lowest BCUT2D eigenvalue weighted by molar-refractivity contribution is 0.175. The van der Waals surface area contributed by atoms with Crippen LogP contribution in [0.2, 0.25) is 0 Å². The molecular formula is C12H16N4. The second-order valence-electron chi connectivity index (χ2n) is 3.95. The van der Waals surface area contributed by atoms with Gasteiger partial charge in [0.15, 0.2) is 0 Å². The zero-order valence-electron chi connectivity index (χ0n) is 9.26. The molecule has 0 aromatic carbocycles. The van der Waals surface area contributed by atoms with Crippen LogP contribution in [-0.2, 0) is 0 Å². The number of nitrogens with one attached hydrogen (secondary N) is 1. The highest BCUT2D eigenvalue weighted by molar-refractivity contribution is 5.15. The number of piperazine rings is 1. The van der Waals surface area contributed by atoms with E-state index in [4.69, 9.17) is 5.26 Å². The van der Waals surface area contributed by atoms with E-state index < -0.39 is 0 Å². The Morgan fingerprint density at radius 1 is 1.50 bits per heavy atom. The third-order valence-electron chi connectivity index (χ3n) is 2.95. The molecule has 0 saturated carbocycles. The molecule has 2 rings (SSSR count). The van der Waals surface area contributed by atoms with Crippen LogP contribution in [0.5, 0.6) is 0 Å². The van der Waals surface area contributed by atoms with Gasteiger partial charge >= 0.3 is 0 Å². The summed E-state index contributed by atoms with van der Waals surface area (Å²) in [4.78, 5) is 6.49. The molecule has 4 heteroatoms. The van der Waals surface area contributed by atoms with Gasteiger partial charge in [-0.3, -0.25) is 9.88 Å². The highest BCUT2D eigenvalue weighted by Crippen LogP contribution is 2.23. The van der Waals surface area contributed by atoms with Gasteiger partial charge in [0.2, 0.25) is 0 Å². The molecule has 1 saturated heterocycles. The standard InChI is InChI=1S/C12H16N4/c13-4-3-12(11-2-1-5-15-10-11)16-8-6-14-7-9-16/h1-2,5,10,12,14H,3,6-9H2/t12-/m0/s1. The summed E-state index contributed by atoms with van der Waals surface area (Å²) >= 11 is 0. The number of pyridine rings is 1. The highest BCUT2D eigenvalue weighted by atomic mass is 15.2. The molecule has 4 nitrogen and oxygen atoms in total. The Labute approximate surface area is 95.9 Å². The topological polar surface area (TPSA) is 52.0 Å². The van der Waals surface area contributed by atoms with Gasteiger partial charge in [-0.05, 0) is 11.6 Å². The molecule has 84 valence electrons. The maximum absolute atomic E-state index is 8.92. The maximum Gasteiger partial charge on any atom is 0.0641 e. The van der Waals surface area contributed by atoms with Crippen LogP contribution in [0.1, 0.15) is 18.0 Å². The summed E-state index contributed by atoms with van der Waals surface area (Å²) in [5.74, 6) is 0. The van der Waals surface area contributed by atoms with Crippen LogP contribution < -0.4 is 5.32 Å². The maximum atomic E-state index is 8.92. The molecule has 1 aromatic heterocycles. The highest BCUT2D eigenvalue weighted by Gasteiger charge is 2.21. The Kier molecular flexibility index (Phi) is 3.86. The summed E-state index contributed by atoms with van der Waals surface area (Å²) in [6, 6.07) is 6.45. The predicted molar refractivity (Wildman–Crippen MR) is 61.7 cm³/mol. The van der Waals surface area contributed by atoms with Crippen molar-refractivity contribution in [3.63, 3.8) is 0 Å². The molecule has 0 radical (unpaired) electrons. The Morgan fingerprint density at radius 2 is 2.31 bits per heavy atom. The average Bonchev–Trinajstić information content (AvgIpc) is 2.38. The summed E-state index contributed by atoms with van der Waals surface area (Å²) < 4.78 is 0. The molecule has 1 aromatic rings. The first kappa shape index (κ1) is 11.1. The molecule has 1 aliphatic rings. The lowest BCUT2D eigenvalue weighted by Crippen LogP contribution is -2.45. The largest absolute Gasteiger partial charge is 0.314 e. The number of hydrogen-bond acceptors (Lipinski definition) is 4. The summed E-state index contributed by atoms with van der Waals surface area (Å²) in [5.41, 5.74) is 1.14. The molecule has 0 unspecified atom stereocenters. The van der Waals surface area contributed by atoms with Gasteiger partial charge in [0, 0.05) is 44.6 Å². The molecule has 1 N–H and O–H groups in total. The van der Waals surface area contributed by atoms with E-state index >= 15 is 0 Å². The first-order valence-electron chi connectivity index (χ1n) is 5.63. The average molecular weight is 216 g/mol. The van der Waals surface area contributed by atoms with E-state index in [1.165, 1.54) is 0 Å². The monoisotopic (exact) mass is 216 g/mol. The van der Waals surface area contributed by atoms with Crippen LogP contribution in [0.4, 0.5) is 0 Å². The van der Waals surface area contributed by atoms with E-state index in [9.17, 15) is 0 Å². The first-order valence-corrected chi connectivity index (χ1v) is 5.63. The third kappa shape index (κ3) is 2.57. The Bertz CT molecular complexity index is 351. The van der Waals surface area contributed by atoms with Crippen molar-refractivity contribution in [1.82, 2.24) is 15.2 Å². The van der Waals surface area contributed by atoms with Gasteiger partial charge in [0.05, 0.1) is 12.5 Å². The molecule has 0 spiro atoms. The van der Waals surface area contributed by atoms with E-state index in [0.29, 0.717) is 6.42 Å². The number of aromatic nitrogens is 1. The Morgan fingerprint density at radius 3 is 2.94 bits per heavy atom. The molecule has 1 atom stereocenters. The lowest BCUT2D eigenvalue weighted by atomic mass is 10.0. The molecule has 1 fully saturated rings.